The Morgan fingerprint density at radius 3 is 2.61 bits per heavy atom. The van der Waals surface area contributed by atoms with Gasteiger partial charge >= 0.3 is 0 Å². The van der Waals surface area contributed by atoms with Crippen molar-refractivity contribution in [3.63, 3.8) is 0 Å². The lowest BCUT2D eigenvalue weighted by Crippen LogP contribution is -2.46. The third-order valence-electron chi connectivity index (χ3n) is 5.99. The minimum atomic E-state index is -0.390. The molecule has 5 nitrogen and oxygen atoms in total. The molecular formula is C26H29FN4OS. The normalized spacial score (nSPS) is 16.5. The highest BCUT2D eigenvalue weighted by atomic mass is 32.1. The highest BCUT2D eigenvalue weighted by Gasteiger charge is 2.34. The van der Waals surface area contributed by atoms with E-state index in [1.54, 1.807) is 6.07 Å². The summed E-state index contributed by atoms with van der Waals surface area (Å²) in [6.07, 6.45) is 1.95. The molecule has 0 aliphatic carbocycles. The number of halogens is 1. The third-order valence-corrected chi connectivity index (χ3v) is 6.32. The topological polar surface area (TPSA) is 54.2 Å². The molecule has 0 fully saturated rings. The molecule has 2 heterocycles. The average molecular weight is 465 g/mol. The molecule has 0 saturated heterocycles. The van der Waals surface area contributed by atoms with Gasteiger partial charge in [0.25, 0.3) is 5.89 Å². The first-order chi connectivity index (χ1) is 15.9. The molecule has 3 aromatic rings. The van der Waals surface area contributed by atoms with Crippen molar-refractivity contribution in [2.45, 2.75) is 46.6 Å². The lowest BCUT2D eigenvalue weighted by molar-refractivity contribution is 0.390. The quantitative estimate of drug-likeness (QED) is 0.424. The standard InChI is InChI=1S/C26H29FN4OS/c1-5-18-9-11-19(12-10-18)24-29-25(32-30-24)22-17(4)31(14-13-16(2)3)26(33)28-23(22)20-7-6-8-21(27)15-20/h6-12,15-16,23H,5,13-14H2,1-4H3,(H,28,33). The Balaban J connectivity index is 1.77. The maximum atomic E-state index is 14.1. The molecule has 0 radical (unpaired) electrons. The van der Waals surface area contributed by atoms with E-state index in [-0.39, 0.29) is 11.9 Å². The van der Waals surface area contributed by atoms with E-state index < -0.39 is 0 Å². The number of nitrogens with one attached hydrogen (secondary N) is 1. The second-order valence-electron chi connectivity index (χ2n) is 8.74. The van der Waals surface area contributed by atoms with Crippen molar-refractivity contribution in [2.75, 3.05) is 6.54 Å². The van der Waals surface area contributed by atoms with Crippen molar-refractivity contribution >= 4 is 22.9 Å². The Labute approximate surface area is 199 Å². The third kappa shape index (κ3) is 4.98. The molecule has 1 aliphatic heterocycles. The molecular weight excluding hydrogens is 435 g/mol. The monoisotopic (exact) mass is 464 g/mol. The van der Waals surface area contributed by atoms with Crippen LogP contribution >= 0.6 is 12.2 Å². The largest absolute Gasteiger partial charge is 0.351 e. The molecule has 0 bridgehead atoms. The maximum Gasteiger partial charge on any atom is 0.258 e. The van der Waals surface area contributed by atoms with Crippen LogP contribution in [0.2, 0.25) is 0 Å². The van der Waals surface area contributed by atoms with Crippen LogP contribution in [0.5, 0.6) is 0 Å². The van der Waals surface area contributed by atoms with Crippen LogP contribution in [0.1, 0.15) is 57.2 Å². The smallest absolute Gasteiger partial charge is 0.258 e. The van der Waals surface area contributed by atoms with E-state index in [1.165, 1.54) is 17.7 Å². The first-order valence-electron chi connectivity index (χ1n) is 11.3. The number of thiocarbonyl (C=S) groups is 1. The molecule has 2 aromatic carbocycles. The minimum absolute atomic E-state index is 0.304. The van der Waals surface area contributed by atoms with Gasteiger partial charge < -0.3 is 14.7 Å². The number of hydrogen-bond acceptors (Lipinski definition) is 4. The molecule has 1 unspecified atom stereocenters. The number of aryl methyl sites for hydroxylation is 1. The fourth-order valence-electron chi connectivity index (χ4n) is 3.99. The number of allylic oxidation sites excluding steroid dienone is 1. The second kappa shape index (κ2) is 9.83. The van der Waals surface area contributed by atoms with Gasteiger partial charge in [0.1, 0.15) is 5.82 Å². The summed E-state index contributed by atoms with van der Waals surface area (Å²) in [6, 6.07) is 14.3. The second-order valence-corrected chi connectivity index (χ2v) is 9.13. The summed E-state index contributed by atoms with van der Waals surface area (Å²) in [5.74, 6) is 1.15. The summed E-state index contributed by atoms with van der Waals surface area (Å²) in [7, 11) is 0. The van der Waals surface area contributed by atoms with Crippen molar-refractivity contribution < 1.29 is 8.91 Å². The van der Waals surface area contributed by atoms with Gasteiger partial charge in [-0.2, -0.15) is 4.98 Å². The summed E-state index contributed by atoms with van der Waals surface area (Å²) in [6.45, 7) is 9.27. The predicted molar refractivity (Wildman–Crippen MR) is 133 cm³/mol. The van der Waals surface area contributed by atoms with Gasteiger partial charge in [-0.3, -0.25) is 0 Å². The van der Waals surface area contributed by atoms with E-state index >= 15 is 0 Å². The molecule has 0 saturated carbocycles. The van der Waals surface area contributed by atoms with E-state index in [9.17, 15) is 4.39 Å². The lowest BCUT2D eigenvalue weighted by atomic mass is 9.94. The van der Waals surface area contributed by atoms with Crippen LogP contribution in [-0.2, 0) is 6.42 Å². The van der Waals surface area contributed by atoms with Crippen molar-refractivity contribution in [1.29, 1.82) is 0 Å². The van der Waals surface area contributed by atoms with Gasteiger partial charge in [-0.05, 0) is 61.2 Å². The summed E-state index contributed by atoms with van der Waals surface area (Å²) in [5, 5.41) is 8.24. The molecule has 1 atom stereocenters. The lowest BCUT2D eigenvalue weighted by Gasteiger charge is -2.37. The molecule has 172 valence electrons. The van der Waals surface area contributed by atoms with E-state index in [1.807, 2.05) is 25.1 Å². The highest BCUT2D eigenvalue weighted by Crippen LogP contribution is 2.37. The summed E-state index contributed by atoms with van der Waals surface area (Å²) < 4.78 is 19.8. The molecule has 0 amide bonds. The predicted octanol–water partition coefficient (Wildman–Crippen LogP) is 6.15. The zero-order chi connectivity index (χ0) is 23.5. The highest BCUT2D eigenvalue weighted by molar-refractivity contribution is 7.80. The van der Waals surface area contributed by atoms with Crippen LogP contribution in [0.3, 0.4) is 0 Å². The molecule has 1 N–H and O–H groups in total. The molecule has 0 spiro atoms. The van der Waals surface area contributed by atoms with Gasteiger partial charge in [0.15, 0.2) is 5.11 Å². The van der Waals surface area contributed by atoms with Crippen LogP contribution < -0.4 is 5.32 Å². The Hall–Kier alpha value is -3.06. The van der Waals surface area contributed by atoms with Gasteiger partial charge in [-0.15, -0.1) is 0 Å². The molecule has 4 rings (SSSR count). The van der Waals surface area contributed by atoms with E-state index in [2.05, 4.69) is 48.3 Å². The van der Waals surface area contributed by atoms with Gasteiger partial charge in [0.2, 0.25) is 5.82 Å². The number of hydrogen-bond donors (Lipinski definition) is 1. The zero-order valence-electron chi connectivity index (χ0n) is 19.4. The Kier molecular flexibility index (Phi) is 6.88. The summed E-state index contributed by atoms with van der Waals surface area (Å²) in [4.78, 5) is 6.79. The van der Waals surface area contributed by atoms with Gasteiger partial charge in [0.05, 0.1) is 11.6 Å². The van der Waals surface area contributed by atoms with Crippen LogP contribution in [0, 0.1) is 11.7 Å². The fraction of sp³-hybridized carbons (Fsp3) is 0.346. The van der Waals surface area contributed by atoms with Crippen molar-refractivity contribution in [3.05, 3.63) is 77.1 Å². The van der Waals surface area contributed by atoms with E-state index in [0.717, 1.165) is 41.8 Å². The van der Waals surface area contributed by atoms with Crippen LogP contribution in [0.15, 0.2) is 58.8 Å². The van der Waals surface area contributed by atoms with Gasteiger partial charge in [-0.25, -0.2) is 4.39 Å². The minimum Gasteiger partial charge on any atom is -0.351 e. The Morgan fingerprint density at radius 2 is 1.94 bits per heavy atom. The van der Waals surface area contributed by atoms with Crippen LogP contribution in [-0.4, -0.2) is 26.7 Å². The van der Waals surface area contributed by atoms with Crippen LogP contribution in [0.25, 0.3) is 17.0 Å². The first-order valence-corrected chi connectivity index (χ1v) is 11.8. The number of aromatic nitrogens is 2. The number of nitrogens with zero attached hydrogens (tertiary/aromatic N) is 3. The Morgan fingerprint density at radius 1 is 1.18 bits per heavy atom. The molecule has 1 aromatic heterocycles. The van der Waals surface area contributed by atoms with Crippen molar-refractivity contribution in [2.24, 2.45) is 5.92 Å². The van der Waals surface area contributed by atoms with Crippen molar-refractivity contribution in [3.8, 4) is 11.4 Å². The van der Waals surface area contributed by atoms with Crippen molar-refractivity contribution in [1.82, 2.24) is 20.4 Å². The molecule has 1 aliphatic rings. The van der Waals surface area contributed by atoms with E-state index in [0.29, 0.717) is 22.7 Å². The number of rotatable bonds is 7. The van der Waals surface area contributed by atoms with E-state index in [4.69, 9.17) is 21.7 Å². The molecule has 7 heteroatoms. The van der Waals surface area contributed by atoms with Crippen LogP contribution in [0.4, 0.5) is 4.39 Å². The first kappa shape index (κ1) is 23.1. The zero-order valence-corrected chi connectivity index (χ0v) is 20.2. The summed E-state index contributed by atoms with van der Waals surface area (Å²) in [5.41, 5.74) is 4.63. The Bertz CT molecular complexity index is 1170. The molecule has 33 heavy (non-hydrogen) atoms. The average Bonchev–Trinajstić information content (AvgIpc) is 3.28. The maximum absolute atomic E-state index is 14.1. The SMILES string of the molecule is CCc1ccc(-c2noc(C3=C(C)N(CCC(C)C)C(=S)NC3c3cccc(F)c3)n2)cc1. The number of benzene rings is 2. The van der Waals surface area contributed by atoms with Gasteiger partial charge in [0, 0.05) is 17.8 Å². The summed E-state index contributed by atoms with van der Waals surface area (Å²) >= 11 is 5.69. The fourth-order valence-corrected chi connectivity index (χ4v) is 4.34. The van der Waals surface area contributed by atoms with Gasteiger partial charge in [-0.1, -0.05) is 62.3 Å².